The molecule has 0 unspecified atom stereocenters. The summed E-state index contributed by atoms with van der Waals surface area (Å²) < 4.78 is 4.79. The molecule has 82 valence electrons. The maximum Gasteiger partial charge on any atom is 0.316 e. The predicted molar refractivity (Wildman–Crippen MR) is 58.5 cm³/mol. The number of aromatic nitrogens is 2. The first kappa shape index (κ1) is 11.8. The molecule has 0 amide bonds. The van der Waals surface area contributed by atoms with Crippen molar-refractivity contribution in [3.63, 3.8) is 0 Å². The lowest BCUT2D eigenvalue weighted by molar-refractivity contribution is -0.139. The van der Waals surface area contributed by atoms with Crippen molar-refractivity contribution in [1.82, 2.24) is 9.97 Å². The van der Waals surface area contributed by atoms with Crippen LogP contribution in [0.4, 0.5) is 5.82 Å². The standard InChI is InChI=1S/C9H13N3O2S/c1-3-14-9(13)5-15-8-4-7(10)11-6(2)12-8/h4H,3,5H2,1-2H3,(H2,10,11,12). The number of anilines is 1. The van der Waals surface area contributed by atoms with E-state index in [-0.39, 0.29) is 11.7 Å². The Labute approximate surface area is 92.4 Å². The number of carbonyl (C=O) groups excluding carboxylic acids is 1. The Hall–Kier alpha value is -1.30. The van der Waals surface area contributed by atoms with Crippen molar-refractivity contribution in [2.45, 2.75) is 18.9 Å². The van der Waals surface area contributed by atoms with Gasteiger partial charge in [0.25, 0.3) is 0 Å². The predicted octanol–water partition coefficient (Wildman–Crippen LogP) is 1.02. The highest BCUT2D eigenvalue weighted by atomic mass is 32.2. The molecule has 15 heavy (non-hydrogen) atoms. The van der Waals surface area contributed by atoms with Gasteiger partial charge < -0.3 is 10.5 Å². The van der Waals surface area contributed by atoms with Gasteiger partial charge >= 0.3 is 5.97 Å². The molecule has 0 aliphatic carbocycles. The van der Waals surface area contributed by atoms with Crippen molar-refractivity contribution < 1.29 is 9.53 Å². The Morgan fingerprint density at radius 3 is 2.93 bits per heavy atom. The Bertz CT molecular complexity index is 337. The lowest BCUT2D eigenvalue weighted by Crippen LogP contribution is -2.07. The van der Waals surface area contributed by atoms with Gasteiger partial charge in [0.2, 0.25) is 0 Å². The number of esters is 1. The molecule has 2 N–H and O–H groups in total. The minimum Gasteiger partial charge on any atom is -0.465 e. The molecule has 5 nitrogen and oxygen atoms in total. The summed E-state index contributed by atoms with van der Waals surface area (Å²) in [6, 6.07) is 1.64. The van der Waals surface area contributed by atoms with Crippen LogP contribution in [-0.4, -0.2) is 28.3 Å². The summed E-state index contributed by atoms with van der Waals surface area (Å²) in [4.78, 5) is 19.1. The molecule has 0 bridgehead atoms. The van der Waals surface area contributed by atoms with E-state index in [0.29, 0.717) is 23.3 Å². The van der Waals surface area contributed by atoms with E-state index < -0.39 is 0 Å². The first-order valence-electron chi connectivity index (χ1n) is 4.51. The van der Waals surface area contributed by atoms with Gasteiger partial charge in [-0.2, -0.15) is 0 Å². The molecule has 0 aliphatic rings. The fourth-order valence-electron chi connectivity index (χ4n) is 0.972. The van der Waals surface area contributed by atoms with E-state index in [4.69, 9.17) is 10.5 Å². The molecule has 1 aromatic heterocycles. The number of nitrogens with two attached hydrogens (primary N) is 1. The van der Waals surface area contributed by atoms with Crippen LogP contribution in [0.25, 0.3) is 0 Å². The SMILES string of the molecule is CCOC(=O)CSc1cc(N)nc(C)n1. The zero-order valence-corrected chi connectivity index (χ0v) is 9.50. The van der Waals surface area contributed by atoms with E-state index in [9.17, 15) is 4.79 Å². The molecule has 0 saturated heterocycles. The fraction of sp³-hybridized carbons (Fsp3) is 0.444. The number of rotatable bonds is 4. The molecule has 0 fully saturated rings. The van der Waals surface area contributed by atoms with Gasteiger partial charge in [0.05, 0.1) is 12.4 Å². The Morgan fingerprint density at radius 2 is 2.33 bits per heavy atom. The van der Waals surface area contributed by atoms with Crippen molar-refractivity contribution in [3.8, 4) is 0 Å². The van der Waals surface area contributed by atoms with Crippen LogP contribution in [0, 0.1) is 6.92 Å². The van der Waals surface area contributed by atoms with Gasteiger partial charge in [-0.1, -0.05) is 11.8 Å². The van der Waals surface area contributed by atoms with E-state index in [1.54, 1.807) is 19.9 Å². The Kier molecular flexibility index (Phi) is 4.36. The van der Waals surface area contributed by atoms with E-state index in [2.05, 4.69) is 9.97 Å². The number of nitrogen functional groups attached to an aromatic ring is 1. The van der Waals surface area contributed by atoms with Crippen molar-refractivity contribution >= 4 is 23.5 Å². The lowest BCUT2D eigenvalue weighted by Gasteiger charge is -2.03. The molecular weight excluding hydrogens is 214 g/mol. The van der Waals surface area contributed by atoms with E-state index >= 15 is 0 Å². The van der Waals surface area contributed by atoms with Crippen molar-refractivity contribution in [2.24, 2.45) is 0 Å². The summed E-state index contributed by atoms with van der Waals surface area (Å²) in [5.74, 6) is 0.997. The molecule has 1 heterocycles. The Balaban J connectivity index is 2.54. The van der Waals surface area contributed by atoms with Crippen LogP contribution in [0.3, 0.4) is 0 Å². The maximum atomic E-state index is 11.1. The minimum absolute atomic E-state index is 0.240. The second-order valence-electron chi connectivity index (χ2n) is 2.77. The highest BCUT2D eigenvalue weighted by molar-refractivity contribution is 7.99. The molecule has 1 rings (SSSR count). The van der Waals surface area contributed by atoms with Gasteiger partial charge in [-0.3, -0.25) is 4.79 Å². The molecule has 0 radical (unpaired) electrons. The normalized spacial score (nSPS) is 10.0. The number of nitrogens with zero attached hydrogens (tertiary/aromatic N) is 2. The second kappa shape index (κ2) is 5.55. The largest absolute Gasteiger partial charge is 0.465 e. The summed E-state index contributed by atoms with van der Waals surface area (Å²) in [7, 11) is 0. The first-order chi connectivity index (χ1) is 7.11. The smallest absolute Gasteiger partial charge is 0.316 e. The highest BCUT2D eigenvalue weighted by Crippen LogP contribution is 2.17. The summed E-state index contributed by atoms with van der Waals surface area (Å²) >= 11 is 1.29. The second-order valence-corrected chi connectivity index (χ2v) is 3.77. The van der Waals surface area contributed by atoms with Crippen LogP contribution in [0.15, 0.2) is 11.1 Å². The average Bonchev–Trinajstić information content (AvgIpc) is 2.14. The third-order valence-corrected chi connectivity index (χ3v) is 2.36. The van der Waals surface area contributed by atoms with Crippen LogP contribution in [-0.2, 0) is 9.53 Å². The molecular formula is C9H13N3O2S. The lowest BCUT2D eigenvalue weighted by atomic mass is 10.5. The van der Waals surface area contributed by atoms with E-state index in [1.807, 2.05) is 0 Å². The van der Waals surface area contributed by atoms with Gasteiger partial charge in [0, 0.05) is 6.07 Å². The number of hydrogen-bond acceptors (Lipinski definition) is 6. The van der Waals surface area contributed by atoms with Gasteiger partial charge in [0.15, 0.2) is 0 Å². The number of carbonyl (C=O) groups is 1. The topological polar surface area (TPSA) is 78.1 Å². The van der Waals surface area contributed by atoms with Crippen LogP contribution >= 0.6 is 11.8 Å². The third-order valence-electron chi connectivity index (χ3n) is 1.48. The number of aryl methyl sites for hydroxylation is 1. The van der Waals surface area contributed by atoms with Gasteiger partial charge in [0.1, 0.15) is 16.7 Å². The van der Waals surface area contributed by atoms with Crippen LogP contribution in [0.2, 0.25) is 0 Å². The molecule has 0 saturated carbocycles. The summed E-state index contributed by atoms with van der Waals surface area (Å²) in [5, 5.41) is 0.688. The zero-order chi connectivity index (χ0) is 11.3. The third kappa shape index (κ3) is 4.16. The zero-order valence-electron chi connectivity index (χ0n) is 8.69. The molecule has 0 atom stereocenters. The van der Waals surface area contributed by atoms with E-state index in [0.717, 1.165) is 0 Å². The summed E-state index contributed by atoms with van der Waals surface area (Å²) in [6.45, 7) is 3.92. The number of ether oxygens (including phenoxy) is 1. The van der Waals surface area contributed by atoms with E-state index in [1.165, 1.54) is 11.8 Å². The van der Waals surface area contributed by atoms with Gasteiger partial charge in [-0.05, 0) is 13.8 Å². The molecule has 0 spiro atoms. The Morgan fingerprint density at radius 1 is 1.60 bits per heavy atom. The van der Waals surface area contributed by atoms with Crippen molar-refractivity contribution in [3.05, 3.63) is 11.9 Å². The van der Waals surface area contributed by atoms with Crippen LogP contribution in [0.5, 0.6) is 0 Å². The summed E-state index contributed by atoms with van der Waals surface area (Å²) in [5.41, 5.74) is 5.54. The molecule has 6 heteroatoms. The maximum absolute atomic E-state index is 11.1. The van der Waals surface area contributed by atoms with Gasteiger partial charge in [-0.25, -0.2) is 9.97 Å². The molecule has 0 aliphatic heterocycles. The first-order valence-corrected chi connectivity index (χ1v) is 5.50. The molecule has 0 aromatic carbocycles. The average molecular weight is 227 g/mol. The fourth-order valence-corrected chi connectivity index (χ4v) is 1.72. The molecule has 1 aromatic rings. The highest BCUT2D eigenvalue weighted by Gasteiger charge is 2.05. The quantitative estimate of drug-likeness (QED) is 0.470. The van der Waals surface area contributed by atoms with Crippen molar-refractivity contribution in [2.75, 3.05) is 18.1 Å². The van der Waals surface area contributed by atoms with Gasteiger partial charge in [-0.15, -0.1) is 0 Å². The van der Waals surface area contributed by atoms with Crippen LogP contribution < -0.4 is 5.73 Å². The number of thioether (sulfide) groups is 1. The number of hydrogen-bond donors (Lipinski definition) is 1. The monoisotopic (exact) mass is 227 g/mol. The van der Waals surface area contributed by atoms with Crippen molar-refractivity contribution in [1.29, 1.82) is 0 Å². The minimum atomic E-state index is -0.252. The van der Waals surface area contributed by atoms with Crippen LogP contribution in [0.1, 0.15) is 12.7 Å². The summed E-state index contributed by atoms with van der Waals surface area (Å²) in [6.07, 6.45) is 0.